The predicted molar refractivity (Wildman–Crippen MR) is 99.4 cm³/mol. The highest BCUT2D eigenvalue weighted by Crippen LogP contribution is 2.37. The summed E-state index contributed by atoms with van der Waals surface area (Å²) < 4.78 is 5.38. The topological polar surface area (TPSA) is 83.7 Å². The fraction of sp³-hybridized carbons (Fsp3) is 0.429. The fourth-order valence-electron chi connectivity index (χ4n) is 4.16. The lowest BCUT2D eigenvalue weighted by atomic mass is 9.81. The van der Waals surface area contributed by atoms with Gasteiger partial charge in [0.2, 0.25) is 17.7 Å². The zero-order valence-corrected chi connectivity index (χ0v) is 15.6. The SMILES string of the molecule is O=C(CN1C(=O)C2CCCCC2C1=O)N(Cc1cccnc1)Cc1ccco1. The number of aromatic nitrogens is 1. The third-order valence-electron chi connectivity index (χ3n) is 5.60. The van der Waals surface area contributed by atoms with E-state index in [1.54, 1.807) is 35.7 Å². The lowest BCUT2D eigenvalue weighted by molar-refractivity contribution is -0.147. The van der Waals surface area contributed by atoms with Crippen LogP contribution in [0, 0.1) is 11.8 Å². The van der Waals surface area contributed by atoms with Crippen molar-refractivity contribution in [2.24, 2.45) is 11.8 Å². The zero-order chi connectivity index (χ0) is 19.5. The maximum atomic E-state index is 13.0. The second-order valence-electron chi connectivity index (χ2n) is 7.45. The van der Waals surface area contributed by atoms with E-state index in [0.717, 1.165) is 31.2 Å². The largest absolute Gasteiger partial charge is 0.467 e. The number of furan rings is 1. The molecule has 0 radical (unpaired) electrons. The molecule has 1 aliphatic carbocycles. The molecular formula is C21H23N3O4. The maximum Gasteiger partial charge on any atom is 0.243 e. The quantitative estimate of drug-likeness (QED) is 0.718. The van der Waals surface area contributed by atoms with Crippen molar-refractivity contribution < 1.29 is 18.8 Å². The minimum Gasteiger partial charge on any atom is -0.467 e. The molecule has 2 aliphatic rings. The molecule has 7 nitrogen and oxygen atoms in total. The number of carbonyl (C=O) groups is 3. The van der Waals surface area contributed by atoms with Crippen molar-refractivity contribution in [1.29, 1.82) is 0 Å². The highest BCUT2D eigenvalue weighted by molar-refractivity contribution is 6.07. The first-order valence-electron chi connectivity index (χ1n) is 9.68. The van der Waals surface area contributed by atoms with Crippen LogP contribution in [0.2, 0.25) is 0 Å². The van der Waals surface area contributed by atoms with E-state index in [2.05, 4.69) is 4.98 Å². The monoisotopic (exact) mass is 381 g/mol. The van der Waals surface area contributed by atoms with Gasteiger partial charge in [0.15, 0.2) is 0 Å². The van der Waals surface area contributed by atoms with Crippen LogP contribution < -0.4 is 0 Å². The Bertz CT molecular complexity index is 826. The minimum absolute atomic E-state index is 0.192. The first kappa shape index (κ1) is 18.4. The Balaban J connectivity index is 1.50. The maximum absolute atomic E-state index is 13.0. The Hall–Kier alpha value is -2.96. The lowest BCUT2D eigenvalue weighted by Crippen LogP contribution is -2.42. The van der Waals surface area contributed by atoms with E-state index in [-0.39, 0.29) is 42.6 Å². The first-order chi connectivity index (χ1) is 13.6. The van der Waals surface area contributed by atoms with Crippen LogP contribution in [-0.4, -0.2) is 39.1 Å². The van der Waals surface area contributed by atoms with Crippen LogP contribution in [0.3, 0.4) is 0 Å². The average molecular weight is 381 g/mol. The number of fused-ring (bicyclic) bond motifs is 1. The molecule has 0 bridgehead atoms. The number of hydrogen-bond donors (Lipinski definition) is 0. The number of imide groups is 1. The van der Waals surface area contributed by atoms with Gasteiger partial charge in [-0.2, -0.15) is 0 Å². The van der Waals surface area contributed by atoms with Crippen molar-refractivity contribution in [3.05, 3.63) is 54.2 Å². The average Bonchev–Trinajstić information content (AvgIpc) is 3.31. The van der Waals surface area contributed by atoms with E-state index in [1.807, 2.05) is 12.1 Å². The Morgan fingerprint density at radius 2 is 1.86 bits per heavy atom. The molecule has 7 heteroatoms. The molecule has 1 saturated carbocycles. The van der Waals surface area contributed by atoms with Crippen LogP contribution >= 0.6 is 0 Å². The molecule has 2 unspecified atom stereocenters. The third-order valence-corrected chi connectivity index (χ3v) is 5.60. The number of carbonyl (C=O) groups excluding carboxylic acids is 3. The molecule has 146 valence electrons. The number of pyridine rings is 1. The molecule has 1 aliphatic heterocycles. The van der Waals surface area contributed by atoms with Gasteiger partial charge in [-0.1, -0.05) is 18.9 Å². The van der Waals surface area contributed by atoms with Crippen LogP contribution in [0.25, 0.3) is 0 Å². The normalized spacial score (nSPS) is 21.6. The van der Waals surface area contributed by atoms with Crippen molar-refractivity contribution in [3.8, 4) is 0 Å². The molecule has 3 amide bonds. The minimum atomic E-state index is -0.277. The first-order valence-corrected chi connectivity index (χ1v) is 9.68. The van der Waals surface area contributed by atoms with Crippen LogP contribution in [0.1, 0.15) is 37.0 Å². The number of likely N-dealkylation sites (tertiary alicyclic amines) is 1. The summed E-state index contributed by atoms with van der Waals surface area (Å²) in [4.78, 5) is 45.3. The van der Waals surface area contributed by atoms with Crippen molar-refractivity contribution in [2.45, 2.75) is 38.8 Å². The second kappa shape index (κ2) is 7.96. The van der Waals surface area contributed by atoms with E-state index in [9.17, 15) is 14.4 Å². The Kier molecular flexibility index (Phi) is 5.23. The molecule has 0 aromatic carbocycles. The summed E-state index contributed by atoms with van der Waals surface area (Å²) in [6.07, 6.45) is 8.34. The molecule has 3 heterocycles. The van der Waals surface area contributed by atoms with E-state index in [1.165, 1.54) is 4.90 Å². The van der Waals surface area contributed by atoms with E-state index in [4.69, 9.17) is 4.42 Å². The summed E-state index contributed by atoms with van der Waals surface area (Å²) in [5.41, 5.74) is 0.871. The standard InChI is InChI=1S/C21H23N3O4/c25-19(14-24-20(26)17-7-1-2-8-18(17)21(24)27)23(13-16-6-4-10-28-16)12-15-5-3-9-22-11-15/h3-6,9-11,17-18H,1-2,7-8,12-14H2. The molecule has 2 atom stereocenters. The number of rotatable bonds is 6. The van der Waals surface area contributed by atoms with Crippen molar-refractivity contribution in [1.82, 2.24) is 14.8 Å². The Labute approximate surface area is 163 Å². The summed E-state index contributed by atoms with van der Waals surface area (Å²) in [5.74, 6) is -0.507. The van der Waals surface area contributed by atoms with Gasteiger partial charge in [-0.25, -0.2) is 0 Å². The molecule has 2 aromatic heterocycles. The van der Waals surface area contributed by atoms with Gasteiger partial charge < -0.3 is 9.32 Å². The van der Waals surface area contributed by atoms with Crippen LogP contribution in [0.4, 0.5) is 0 Å². The molecule has 2 fully saturated rings. The molecular weight excluding hydrogens is 358 g/mol. The summed E-state index contributed by atoms with van der Waals surface area (Å²) >= 11 is 0. The van der Waals surface area contributed by atoms with Gasteiger partial charge in [0, 0.05) is 18.9 Å². The van der Waals surface area contributed by atoms with E-state index < -0.39 is 0 Å². The van der Waals surface area contributed by atoms with Crippen LogP contribution in [-0.2, 0) is 27.5 Å². The van der Waals surface area contributed by atoms with Crippen molar-refractivity contribution >= 4 is 17.7 Å². The number of hydrogen-bond acceptors (Lipinski definition) is 5. The second-order valence-corrected chi connectivity index (χ2v) is 7.45. The van der Waals surface area contributed by atoms with E-state index in [0.29, 0.717) is 12.3 Å². The highest BCUT2D eigenvalue weighted by Gasteiger charge is 2.48. The molecule has 0 N–H and O–H groups in total. The summed E-state index contributed by atoms with van der Waals surface area (Å²) in [6.45, 7) is 0.381. The molecule has 4 rings (SSSR count). The van der Waals surface area contributed by atoms with Gasteiger partial charge in [0.05, 0.1) is 24.6 Å². The van der Waals surface area contributed by atoms with Gasteiger partial charge in [-0.05, 0) is 36.6 Å². The van der Waals surface area contributed by atoms with Gasteiger partial charge in [-0.3, -0.25) is 24.3 Å². The van der Waals surface area contributed by atoms with Crippen molar-refractivity contribution in [3.63, 3.8) is 0 Å². The molecule has 0 spiro atoms. The van der Waals surface area contributed by atoms with Gasteiger partial charge in [0.1, 0.15) is 12.3 Å². The zero-order valence-electron chi connectivity index (χ0n) is 15.6. The number of amides is 3. The molecule has 28 heavy (non-hydrogen) atoms. The third kappa shape index (κ3) is 3.69. The Morgan fingerprint density at radius 3 is 2.46 bits per heavy atom. The lowest BCUT2D eigenvalue weighted by Gasteiger charge is -2.24. The smallest absolute Gasteiger partial charge is 0.243 e. The van der Waals surface area contributed by atoms with Gasteiger partial charge in [-0.15, -0.1) is 0 Å². The van der Waals surface area contributed by atoms with Gasteiger partial charge >= 0.3 is 0 Å². The highest BCUT2D eigenvalue weighted by atomic mass is 16.3. The predicted octanol–water partition coefficient (Wildman–Crippen LogP) is 2.38. The van der Waals surface area contributed by atoms with Crippen LogP contribution in [0.5, 0.6) is 0 Å². The van der Waals surface area contributed by atoms with Crippen LogP contribution in [0.15, 0.2) is 47.3 Å². The molecule has 2 aromatic rings. The summed E-state index contributed by atoms with van der Waals surface area (Å²) in [5, 5.41) is 0. The van der Waals surface area contributed by atoms with Gasteiger partial charge in [0.25, 0.3) is 0 Å². The number of nitrogens with zero attached hydrogens (tertiary/aromatic N) is 3. The summed E-state index contributed by atoms with van der Waals surface area (Å²) in [7, 11) is 0. The summed E-state index contributed by atoms with van der Waals surface area (Å²) in [6, 6.07) is 7.25. The van der Waals surface area contributed by atoms with E-state index >= 15 is 0 Å². The fourth-order valence-corrected chi connectivity index (χ4v) is 4.16. The van der Waals surface area contributed by atoms with Crippen molar-refractivity contribution in [2.75, 3.05) is 6.54 Å². The molecule has 1 saturated heterocycles. The Morgan fingerprint density at radius 1 is 1.11 bits per heavy atom.